The number of carbonyl (C=O) groups excluding carboxylic acids is 1. The first-order valence-electron chi connectivity index (χ1n) is 7.45. The van der Waals surface area contributed by atoms with E-state index in [4.69, 9.17) is 11.0 Å². The normalized spacial score (nSPS) is 18.7. The Hall–Kier alpha value is -1.08. The average molecular weight is 265 g/mol. The molecule has 0 spiro atoms. The minimum absolute atomic E-state index is 0.132. The molecule has 0 unspecified atom stereocenters. The summed E-state index contributed by atoms with van der Waals surface area (Å²) in [5, 5.41) is 8.74. The molecule has 1 aliphatic carbocycles. The molecule has 1 aliphatic rings. The summed E-state index contributed by atoms with van der Waals surface area (Å²) in [5.74, 6) is 0.169. The maximum Gasteiger partial charge on any atom is 0.230 e. The van der Waals surface area contributed by atoms with Gasteiger partial charge in [-0.15, -0.1) is 0 Å². The third-order valence-corrected chi connectivity index (χ3v) is 4.25. The van der Waals surface area contributed by atoms with Crippen molar-refractivity contribution < 1.29 is 4.79 Å². The summed E-state index contributed by atoms with van der Waals surface area (Å²) in [7, 11) is 0. The molecule has 0 heterocycles. The molecule has 4 heteroatoms. The second-order valence-electron chi connectivity index (χ2n) is 5.90. The summed E-state index contributed by atoms with van der Waals surface area (Å²) in [4.78, 5) is 14.7. The molecule has 0 aromatic heterocycles. The van der Waals surface area contributed by atoms with Crippen LogP contribution in [-0.2, 0) is 4.79 Å². The fraction of sp³-hybridized carbons (Fsp3) is 0.867. The Morgan fingerprint density at radius 3 is 2.32 bits per heavy atom. The number of hydrogen-bond acceptors (Lipinski definition) is 3. The molecule has 0 radical (unpaired) electrons. The van der Waals surface area contributed by atoms with E-state index in [1.165, 1.54) is 12.8 Å². The molecular formula is C15H27N3O. The monoisotopic (exact) mass is 265 g/mol. The Balaban J connectivity index is 2.87. The first-order valence-corrected chi connectivity index (χ1v) is 7.45. The Labute approximate surface area is 116 Å². The minimum atomic E-state index is -0.379. The van der Waals surface area contributed by atoms with Crippen molar-refractivity contribution in [1.29, 1.82) is 5.26 Å². The zero-order valence-corrected chi connectivity index (χ0v) is 12.3. The van der Waals surface area contributed by atoms with E-state index >= 15 is 0 Å². The quantitative estimate of drug-likeness (QED) is 0.776. The SMILES string of the molecule is CC(C)N(CCC#N)C(=O)C1(CN)CCCCCC1. The summed E-state index contributed by atoms with van der Waals surface area (Å²) >= 11 is 0. The summed E-state index contributed by atoms with van der Waals surface area (Å²) in [5.41, 5.74) is 5.58. The highest BCUT2D eigenvalue weighted by molar-refractivity contribution is 5.83. The van der Waals surface area contributed by atoms with E-state index in [9.17, 15) is 4.79 Å². The van der Waals surface area contributed by atoms with Crippen molar-refractivity contribution in [1.82, 2.24) is 4.90 Å². The highest BCUT2D eigenvalue weighted by Crippen LogP contribution is 2.36. The first-order chi connectivity index (χ1) is 9.07. The van der Waals surface area contributed by atoms with Crippen molar-refractivity contribution in [3.05, 3.63) is 0 Å². The van der Waals surface area contributed by atoms with Crippen LogP contribution in [0.15, 0.2) is 0 Å². The van der Waals surface area contributed by atoms with Gasteiger partial charge < -0.3 is 10.6 Å². The zero-order valence-electron chi connectivity index (χ0n) is 12.3. The van der Waals surface area contributed by atoms with Crippen LogP contribution < -0.4 is 5.73 Å². The maximum atomic E-state index is 12.9. The Bertz CT molecular complexity index is 325. The molecule has 2 N–H and O–H groups in total. The van der Waals surface area contributed by atoms with Crippen LogP contribution in [0.1, 0.15) is 58.8 Å². The molecule has 1 fully saturated rings. The molecule has 1 rings (SSSR count). The second-order valence-corrected chi connectivity index (χ2v) is 5.90. The number of carbonyl (C=O) groups is 1. The molecule has 0 saturated heterocycles. The lowest BCUT2D eigenvalue weighted by atomic mass is 9.78. The number of rotatable bonds is 5. The van der Waals surface area contributed by atoms with Crippen molar-refractivity contribution in [2.45, 2.75) is 64.8 Å². The standard InChI is InChI=1S/C15H27N3O/c1-13(2)18(11-7-10-16)14(19)15(12-17)8-5-3-4-6-9-15/h13H,3-9,11-12,17H2,1-2H3. The molecular weight excluding hydrogens is 238 g/mol. The predicted molar refractivity (Wildman–Crippen MR) is 76.3 cm³/mol. The zero-order chi connectivity index (χ0) is 14.3. The Morgan fingerprint density at radius 2 is 1.89 bits per heavy atom. The Kier molecular flexibility index (Phi) is 6.30. The van der Waals surface area contributed by atoms with E-state index in [0.717, 1.165) is 25.7 Å². The number of hydrogen-bond donors (Lipinski definition) is 1. The van der Waals surface area contributed by atoms with Crippen molar-refractivity contribution in [3.8, 4) is 6.07 Å². The number of nitriles is 1. The molecule has 0 atom stereocenters. The van der Waals surface area contributed by atoms with Gasteiger partial charge in [-0.1, -0.05) is 25.7 Å². The van der Waals surface area contributed by atoms with Gasteiger partial charge in [0.25, 0.3) is 0 Å². The van der Waals surface area contributed by atoms with Gasteiger partial charge >= 0.3 is 0 Å². The number of nitrogens with two attached hydrogens (primary N) is 1. The van der Waals surface area contributed by atoms with Crippen molar-refractivity contribution in [2.24, 2.45) is 11.1 Å². The molecule has 19 heavy (non-hydrogen) atoms. The van der Waals surface area contributed by atoms with Gasteiger partial charge in [-0.25, -0.2) is 0 Å². The van der Waals surface area contributed by atoms with Gasteiger partial charge in [-0.2, -0.15) is 5.26 Å². The molecule has 0 bridgehead atoms. The van der Waals surface area contributed by atoms with Crippen LogP contribution in [0.3, 0.4) is 0 Å². The van der Waals surface area contributed by atoms with Gasteiger partial charge in [0.15, 0.2) is 0 Å². The summed E-state index contributed by atoms with van der Waals surface area (Å²) in [6, 6.07) is 2.26. The van der Waals surface area contributed by atoms with Gasteiger partial charge in [0.2, 0.25) is 5.91 Å². The molecule has 1 amide bonds. The third kappa shape index (κ3) is 3.94. The van der Waals surface area contributed by atoms with Crippen LogP contribution in [0.25, 0.3) is 0 Å². The third-order valence-electron chi connectivity index (χ3n) is 4.25. The second kappa shape index (κ2) is 7.49. The van der Waals surface area contributed by atoms with Crippen molar-refractivity contribution >= 4 is 5.91 Å². The fourth-order valence-corrected chi connectivity index (χ4v) is 2.98. The maximum absolute atomic E-state index is 12.9. The van der Waals surface area contributed by atoms with Crippen LogP contribution in [0.2, 0.25) is 0 Å². The van der Waals surface area contributed by atoms with Gasteiger partial charge in [0, 0.05) is 19.1 Å². The van der Waals surface area contributed by atoms with E-state index in [-0.39, 0.29) is 17.4 Å². The minimum Gasteiger partial charge on any atom is -0.339 e. The summed E-state index contributed by atoms with van der Waals surface area (Å²) < 4.78 is 0. The molecule has 0 aromatic carbocycles. The van der Waals surface area contributed by atoms with E-state index in [1.54, 1.807) is 0 Å². The van der Waals surface area contributed by atoms with Crippen LogP contribution in [0.4, 0.5) is 0 Å². The smallest absolute Gasteiger partial charge is 0.230 e. The molecule has 0 aromatic rings. The van der Waals surface area contributed by atoms with Gasteiger partial charge in [-0.05, 0) is 26.7 Å². The van der Waals surface area contributed by atoms with Crippen molar-refractivity contribution in [3.63, 3.8) is 0 Å². The highest BCUT2D eigenvalue weighted by Gasteiger charge is 2.40. The molecule has 108 valence electrons. The number of nitrogens with zero attached hydrogens (tertiary/aromatic N) is 2. The van der Waals surface area contributed by atoms with E-state index < -0.39 is 0 Å². The largest absolute Gasteiger partial charge is 0.339 e. The van der Waals surface area contributed by atoms with Crippen molar-refractivity contribution in [2.75, 3.05) is 13.1 Å². The van der Waals surface area contributed by atoms with Crippen LogP contribution in [-0.4, -0.2) is 29.9 Å². The Morgan fingerprint density at radius 1 is 1.32 bits per heavy atom. The van der Waals surface area contributed by atoms with Crippen LogP contribution in [0, 0.1) is 16.7 Å². The highest BCUT2D eigenvalue weighted by atomic mass is 16.2. The predicted octanol–water partition coefficient (Wildman–Crippen LogP) is 2.44. The van der Waals surface area contributed by atoms with Gasteiger partial charge in [0.05, 0.1) is 17.9 Å². The molecule has 4 nitrogen and oxygen atoms in total. The first kappa shape index (κ1) is 16.0. The summed E-state index contributed by atoms with van der Waals surface area (Å²) in [6.07, 6.45) is 6.78. The molecule has 1 saturated carbocycles. The van der Waals surface area contributed by atoms with Gasteiger partial charge in [-0.3, -0.25) is 4.79 Å². The number of amides is 1. The lowest BCUT2D eigenvalue weighted by molar-refractivity contribution is -0.144. The summed E-state index contributed by atoms with van der Waals surface area (Å²) in [6.45, 7) is 4.97. The lowest BCUT2D eigenvalue weighted by Crippen LogP contribution is -2.50. The lowest BCUT2D eigenvalue weighted by Gasteiger charge is -2.37. The van der Waals surface area contributed by atoms with Gasteiger partial charge in [0.1, 0.15) is 0 Å². The van der Waals surface area contributed by atoms with E-state index in [1.807, 2.05) is 18.7 Å². The van der Waals surface area contributed by atoms with E-state index in [2.05, 4.69) is 6.07 Å². The van der Waals surface area contributed by atoms with Crippen LogP contribution >= 0.6 is 0 Å². The van der Waals surface area contributed by atoms with E-state index in [0.29, 0.717) is 19.5 Å². The average Bonchev–Trinajstić information content (AvgIpc) is 2.64. The fourth-order valence-electron chi connectivity index (χ4n) is 2.98. The molecule has 0 aliphatic heterocycles. The topological polar surface area (TPSA) is 70.1 Å². The van der Waals surface area contributed by atoms with Crippen LogP contribution in [0.5, 0.6) is 0 Å².